The van der Waals surface area contributed by atoms with Gasteiger partial charge >= 0.3 is 0 Å². The van der Waals surface area contributed by atoms with E-state index in [2.05, 4.69) is 34.8 Å². The standard InChI is InChI=1S/C15H22BrNO/c1-14(2)6-3-7-15(18,9-8-14)10-13-5-4-12(16)11-17-13/h4-5,11,18H,3,6-10H2,1-2H3. The van der Waals surface area contributed by atoms with Crippen molar-refractivity contribution in [3.63, 3.8) is 0 Å². The SMILES string of the molecule is CC1(C)CCCC(O)(Cc2ccc(Br)cn2)CC1. The van der Waals surface area contributed by atoms with Crippen molar-refractivity contribution < 1.29 is 5.11 Å². The fourth-order valence-electron chi connectivity index (χ4n) is 2.74. The maximum atomic E-state index is 10.8. The number of rotatable bonds is 2. The smallest absolute Gasteiger partial charge is 0.0703 e. The van der Waals surface area contributed by atoms with Crippen LogP contribution in [0.2, 0.25) is 0 Å². The molecule has 1 aliphatic carbocycles. The number of aromatic nitrogens is 1. The summed E-state index contributed by atoms with van der Waals surface area (Å²) in [7, 11) is 0. The number of halogens is 1. The van der Waals surface area contributed by atoms with E-state index in [0.29, 0.717) is 11.8 Å². The van der Waals surface area contributed by atoms with E-state index in [1.165, 1.54) is 6.42 Å². The molecule has 1 aliphatic rings. The summed E-state index contributed by atoms with van der Waals surface area (Å²) in [5, 5.41) is 10.8. The van der Waals surface area contributed by atoms with E-state index in [0.717, 1.165) is 35.8 Å². The molecule has 1 aromatic rings. The average Bonchev–Trinajstić information content (AvgIpc) is 2.42. The zero-order valence-corrected chi connectivity index (χ0v) is 12.8. The predicted octanol–water partition coefficient (Wildman–Crippen LogP) is 4.11. The molecule has 2 nitrogen and oxygen atoms in total. The van der Waals surface area contributed by atoms with Crippen LogP contribution in [0.3, 0.4) is 0 Å². The first-order chi connectivity index (χ1) is 8.39. The van der Waals surface area contributed by atoms with Crippen LogP contribution in [0.25, 0.3) is 0 Å². The number of aliphatic hydroxyl groups is 1. The van der Waals surface area contributed by atoms with Crippen LogP contribution >= 0.6 is 15.9 Å². The van der Waals surface area contributed by atoms with Crippen molar-refractivity contribution in [2.45, 2.75) is 58.0 Å². The minimum atomic E-state index is -0.561. The fraction of sp³-hybridized carbons (Fsp3) is 0.667. The Kier molecular flexibility index (Phi) is 4.12. The third kappa shape index (κ3) is 3.79. The lowest BCUT2D eigenvalue weighted by molar-refractivity contribution is 0.0217. The van der Waals surface area contributed by atoms with Gasteiger partial charge in [0, 0.05) is 22.8 Å². The van der Waals surface area contributed by atoms with Crippen molar-refractivity contribution in [2.24, 2.45) is 5.41 Å². The summed E-state index contributed by atoms with van der Waals surface area (Å²) in [6, 6.07) is 3.99. The van der Waals surface area contributed by atoms with Crippen LogP contribution in [0.4, 0.5) is 0 Å². The second-order valence-electron chi connectivity index (χ2n) is 6.39. The molecule has 1 atom stereocenters. The molecule has 2 rings (SSSR count). The van der Waals surface area contributed by atoms with Crippen LogP contribution in [0.5, 0.6) is 0 Å². The Labute approximate surface area is 118 Å². The Morgan fingerprint density at radius 1 is 1.22 bits per heavy atom. The van der Waals surface area contributed by atoms with Crippen molar-refractivity contribution in [1.82, 2.24) is 4.98 Å². The molecule has 0 spiro atoms. The van der Waals surface area contributed by atoms with Gasteiger partial charge < -0.3 is 5.11 Å². The molecular formula is C15H22BrNO. The van der Waals surface area contributed by atoms with E-state index < -0.39 is 5.60 Å². The molecule has 0 aliphatic heterocycles. The highest BCUT2D eigenvalue weighted by atomic mass is 79.9. The highest BCUT2D eigenvalue weighted by molar-refractivity contribution is 9.10. The van der Waals surface area contributed by atoms with Gasteiger partial charge in [-0.05, 0) is 59.2 Å². The van der Waals surface area contributed by atoms with Crippen molar-refractivity contribution >= 4 is 15.9 Å². The Morgan fingerprint density at radius 2 is 2.00 bits per heavy atom. The second-order valence-corrected chi connectivity index (χ2v) is 7.30. The van der Waals surface area contributed by atoms with Crippen LogP contribution in [-0.2, 0) is 6.42 Å². The van der Waals surface area contributed by atoms with E-state index in [1.54, 1.807) is 6.20 Å². The van der Waals surface area contributed by atoms with Crippen molar-refractivity contribution in [1.29, 1.82) is 0 Å². The van der Waals surface area contributed by atoms with E-state index in [9.17, 15) is 5.11 Å². The maximum Gasteiger partial charge on any atom is 0.0703 e. The van der Waals surface area contributed by atoms with Gasteiger partial charge in [-0.2, -0.15) is 0 Å². The molecule has 1 aromatic heterocycles. The lowest BCUT2D eigenvalue weighted by Gasteiger charge is -2.27. The average molecular weight is 312 g/mol. The van der Waals surface area contributed by atoms with Crippen molar-refractivity contribution in [3.05, 3.63) is 28.5 Å². The highest BCUT2D eigenvalue weighted by Gasteiger charge is 2.34. The molecule has 18 heavy (non-hydrogen) atoms. The van der Waals surface area contributed by atoms with Gasteiger partial charge in [0.1, 0.15) is 0 Å². The van der Waals surface area contributed by atoms with Gasteiger partial charge in [-0.1, -0.05) is 20.3 Å². The first kappa shape index (κ1) is 14.0. The third-order valence-corrected chi connectivity index (χ3v) is 4.53. The molecule has 0 amide bonds. The van der Waals surface area contributed by atoms with Crippen LogP contribution in [0, 0.1) is 5.41 Å². The quantitative estimate of drug-likeness (QED) is 0.834. The maximum absolute atomic E-state index is 10.8. The zero-order chi connectivity index (χ0) is 13.2. The number of pyridine rings is 1. The van der Waals surface area contributed by atoms with Crippen LogP contribution < -0.4 is 0 Å². The van der Waals surface area contributed by atoms with Gasteiger partial charge in [0.25, 0.3) is 0 Å². The lowest BCUT2D eigenvalue weighted by Crippen LogP contribution is -2.31. The summed E-state index contributed by atoms with van der Waals surface area (Å²) in [6.45, 7) is 4.60. The molecule has 1 heterocycles. The highest BCUT2D eigenvalue weighted by Crippen LogP contribution is 2.39. The summed E-state index contributed by atoms with van der Waals surface area (Å²) >= 11 is 3.39. The summed E-state index contributed by atoms with van der Waals surface area (Å²) in [6.07, 6.45) is 7.69. The summed E-state index contributed by atoms with van der Waals surface area (Å²) in [5.41, 5.74) is 0.798. The van der Waals surface area contributed by atoms with E-state index in [1.807, 2.05) is 12.1 Å². The van der Waals surface area contributed by atoms with Gasteiger partial charge in [0.15, 0.2) is 0 Å². The monoisotopic (exact) mass is 311 g/mol. The topological polar surface area (TPSA) is 33.1 Å². The fourth-order valence-corrected chi connectivity index (χ4v) is 2.98. The minimum absolute atomic E-state index is 0.373. The molecular weight excluding hydrogens is 290 g/mol. The van der Waals surface area contributed by atoms with E-state index in [4.69, 9.17) is 0 Å². The normalized spacial score (nSPS) is 27.8. The minimum Gasteiger partial charge on any atom is -0.389 e. The molecule has 1 saturated carbocycles. The first-order valence-electron chi connectivity index (χ1n) is 6.72. The summed E-state index contributed by atoms with van der Waals surface area (Å²) < 4.78 is 0.986. The second kappa shape index (κ2) is 5.30. The molecule has 0 aromatic carbocycles. The number of hydrogen-bond donors (Lipinski definition) is 1. The third-order valence-electron chi connectivity index (χ3n) is 4.06. The Balaban J connectivity index is 2.05. The van der Waals surface area contributed by atoms with Crippen LogP contribution in [0.15, 0.2) is 22.8 Å². The zero-order valence-electron chi connectivity index (χ0n) is 11.2. The first-order valence-corrected chi connectivity index (χ1v) is 7.51. The van der Waals surface area contributed by atoms with Crippen molar-refractivity contribution in [2.75, 3.05) is 0 Å². The summed E-state index contributed by atoms with van der Waals surface area (Å²) in [4.78, 5) is 4.38. The van der Waals surface area contributed by atoms with E-state index in [-0.39, 0.29) is 0 Å². The molecule has 1 N–H and O–H groups in total. The molecule has 0 saturated heterocycles. The van der Waals surface area contributed by atoms with Gasteiger partial charge in [-0.15, -0.1) is 0 Å². The molecule has 3 heteroatoms. The van der Waals surface area contributed by atoms with Crippen molar-refractivity contribution in [3.8, 4) is 0 Å². The molecule has 1 unspecified atom stereocenters. The van der Waals surface area contributed by atoms with Gasteiger partial charge in [0.05, 0.1) is 5.60 Å². The summed E-state index contributed by atoms with van der Waals surface area (Å²) in [5.74, 6) is 0. The Morgan fingerprint density at radius 3 is 2.67 bits per heavy atom. The van der Waals surface area contributed by atoms with E-state index >= 15 is 0 Å². The number of nitrogens with zero attached hydrogens (tertiary/aromatic N) is 1. The number of hydrogen-bond acceptors (Lipinski definition) is 2. The Hall–Kier alpha value is -0.410. The van der Waals surface area contributed by atoms with Crippen LogP contribution in [-0.4, -0.2) is 15.7 Å². The van der Waals surface area contributed by atoms with Gasteiger partial charge in [0.2, 0.25) is 0 Å². The molecule has 100 valence electrons. The van der Waals surface area contributed by atoms with Gasteiger partial charge in [-0.25, -0.2) is 0 Å². The van der Waals surface area contributed by atoms with Crippen LogP contribution in [0.1, 0.15) is 51.6 Å². The molecule has 0 radical (unpaired) electrons. The Bertz CT molecular complexity index is 401. The lowest BCUT2D eigenvalue weighted by atomic mass is 9.83. The van der Waals surface area contributed by atoms with Gasteiger partial charge in [-0.3, -0.25) is 4.98 Å². The largest absolute Gasteiger partial charge is 0.389 e. The predicted molar refractivity (Wildman–Crippen MR) is 77.5 cm³/mol. The molecule has 1 fully saturated rings. The molecule has 0 bridgehead atoms.